The van der Waals surface area contributed by atoms with E-state index in [-0.39, 0.29) is 24.3 Å². The minimum absolute atomic E-state index is 0.0780. The van der Waals surface area contributed by atoms with Crippen LogP contribution in [0.1, 0.15) is 37.2 Å². The number of carbonyl (C=O) groups is 1. The number of aromatic nitrogens is 1. The Morgan fingerprint density at radius 2 is 2.12 bits per heavy atom. The van der Waals surface area contributed by atoms with E-state index in [1.54, 1.807) is 12.3 Å². The van der Waals surface area contributed by atoms with Crippen LogP contribution in [0.15, 0.2) is 12.3 Å². The van der Waals surface area contributed by atoms with Gasteiger partial charge >= 0.3 is 5.97 Å². The molecule has 1 aromatic rings. The van der Waals surface area contributed by atoms with E-state index >= 15 is 0 Å². The zero-order chi connectivity index (χ0) is 12.4. The van der Waals surface area contributed by atoms with Crippen LogP contribution in [-0.2, 0) is 9.47 Å². The SMILES string of the molecule is CC1CC(OC(=O)c2cc(N)c[nH]2)CC(C)O1. The molecule has 1 aliphatic rings. The minimum Gasteiger partial charge on any atom is -0.458 e. The van der Waals surface area contributed by atoms with Gasteiger partial charge in [-0.2, -0.15) is 0 Å². The number of carbonyl (C=O) groups excluding carboxylic acids is 1. The van der Waals surface area contributed by atoms with E-state index in [2.05, 4.69) is 4.98 Å². The first kappa shape index (κ1) is 12.0. The first-order valence-corrected chi connectivity index (χ1v) is 5.85. The summed E-state index contributed by atoms with van der Waals surface area (Å²) in [5.74, 6) is -0.354. The van der Waals surface area contributed by atoms with Gasteiger partial charge in [0, 0.05) is 19.0 Å². The van der Waals surface area contributed by atoms with Gasteiger partial charge in [0.15, 0.2) is 0 Å². The van der Waals surface area contributed by atoms with Crippen molar-refractivity contribution in [3.8, 4) is 0 Å². The molecule has 94 valence electrons. The number of hydrogen-bond donors (Lipinski definition) is 2. The maximum absolute atomic E-state index is 11.8. The number of hydrogen-bond acceptors (Lipinski definition) is 4. The normalized spacial score (nSPS) is 28.9. The molecule has 3 N–H and O–H groups in total. The Balaban J connectivity index is 1.94. The summed E-state index contributed by atoms with van der Waals surface area (Å²) >= 11 is 0. The van der Waals surface area contributed by atoms with Crippen LogP contribution in [0.25, 0.3) is 0 Å². The Morgan fingerprint density at radius 1 is 1.47 bits per heavy atom. The molecule has 0 aromatic carbocycles. The molecule has 2 unspecified atom stereocenters. The van der Waals surface area contributed by atoms with Crippen LogP contribution in [0.3, 0.4) is 0 Å². The molecular weight excluding hydrogens is 220 g/mol. The van der Waals surface area contributed by atoms with Crippen molar-refractivity contribution in [1.82, 2.24) is 4.98 Å². The van der Waals surface area contributed by atoms with E-state index in [9.17, 15) is 4.79 Å². The number of aromatic amines is 1. The van der Waals surface area contributed by atoms with Crippen LogP contribution in [0.2, 0.25) is 0 Å². The fraction of sp³-hybridized carbons (Fsp3) is 0.583. The molecule has 17 heavy (non-hydrogen) atoms. The molecule has 2 atom stereocenters. The lowest BCUT2D eigenvalue weighted by Crippen LogP contribution is -2.35. The van der Waals surface area contributed by atoms with Gasteiger partial charge in [-0.05, 0) is 19.9 Å². The first-order chi connectivity index (χ1) is 8.04. The summed E-state index contributed by atoms with van der Waals surface area (Å²) in [6.45, 7) is 3.98. The molecule has 5 heteroatoms. The standard InChI is InChI=1S/C12H18N2O3/c1-7-3-10(4-8(2)16-7)17-12(15)11-5-9(13)6-14-11/h5-8,10,14H,3-4,13H2,1-2H3. The average molecular weight is 238 g/mol. The van der Waals surface area contributed by atoms with Gasteiger partial charge in [0.25, 0.3) is 0 Å². The van der Waals surface area contributed by atoms with E-state index < -0.39 is 0 Å². The predicted octanol–water partition coefficient (Wildman–Crippen LogP) is 1.71. The molecule has 0 saturated carbocycles. The van der Waals surface area contributed by atoms with Crippen molar-refractivity contribution in [2.45, 2.75) is 45.0 Å². The predicted molar refractivity (Wildman–Crippen MR) is 63.7 cm³/mol. The van der Waals surface area contributed by atoms with Crippen molar-refractivity contribution in [3.63, 3.8) is 0 Å². The number of nitrogen functional groups attached to an aromatic ring is 1. The van der Waals surface area contributed by atoms with Crippen molar-refractivity contribution in [3.05, 3.63) is 18.0 Å². The molecular formula is C12H18N2O3. The van der Waals surface area contributed by atoms with Gasteiger partial charge in [0.05, 0.1) is 17.9 Å². The molecule has 1 aromatic heterocycles. The van der Waals surface area contributed by atoms with Crippen LogP contribution in [0.4, 0.5) is 5.69 Å². The van der Waals surface area contributed by atoms with Crippen LogP contribution in [0.5, 0.6) is 0 Å². The Bertz CT molecular complexity index is 392. The third-order valence-corrected chi connectivity index (χ3v) is 2.85. The second-order valence-corrected chi connectivity index (χ2v) is 4.60. The highest BCUT2D eigenvalue weighted by Crippen LogP contribution is 2.22. The quantitative estimate of drug-likeness (QED) is 0.769. The third-order valence-electron chi connectivity index (χ3n) is 2.85. The smallest absolute Gasteiger partial charge is 0.355 e. The van der Waals surface area contributed by atoms with Crippen LogP contribution < -0.4 is 5.73 Å². The molecule has 5 nitrogen and oxygen atoms in total. The number of ether oxygens (including phenoxy) is 2. The third kappa shape index (κ3) is 3.00. The van der Waals surface area contributed by atoms with Crippen molar-refractivity contribution < 1.29 is 14.3 Å². The number of H-pyrrole nitrogens is 1. The Labute approximate surface area is 100 Å². The first-order valence-electron chi connectivity index (χ1n) is 5.85. The summed E-state index contributed by atoms with van der Waals surface area (Å²) in [7, 11) is 0. The van der Waals surface area contributed by atoms with Gasteiger partial charge in [-0.1, -0.05) is 0 Å². The number of anilines is 1. The molecule has 1 aliphatic heterocycles. The summed E-state index contributed by atoms with van der Waals surface area (Å²) in [5, 5.41) is 0. The van der Waals surface area contributed by atoms with Crippen LogP contribution >= 0.6 is 0 Å². The zero-order valence-electron chi connectivity index (χ0n) is 10.1. The molecule has 1 saturated heterocycles. The van der Waals surface area contributed by atoms with Crippen molar-refractivity contribution >= 4 is 11.7 Å². The highest BCUT2D eigenvalue weighted by molar-refractivity contribution is 5.88. The van der Waals surface area contributed by atoms with Gasteiger partial charge < -0.3 is 20.2 Å². The van der Waals surface area contributed by atoms with Gasteiger partial charge in [-0.25, -0.2) is 4.79 Å². The lowest BCUT2D eigenvalue weighted by atomic mass is 10.0. The molecule has 0 radical (unpaired) electrons. The Hall–Kier alpha value is -1.49. The van der Waals surface area contributed by atoms with E-state index in [4.69, 9.17) is 15.2 Å². The summed E-state index contributed by atoms with van der Waals surface area (Å²) in [6.07, 6.45) is 3.24. The lowest BCUT2D eigenvalue weighted by molar-refractivity contribution is -0.0856. The Morgan fingerprint density at radius 3 is 2.65 bits per heavy atom. The number of rotatable bonds is 2. The molecule has 2 heterocycles. The fourth-order valence-electron chi connectivity index (χ4n) is 2.18. The van der Waals surface area contributed by atoms with E-state index in [1.165, 1.54) is 0 Å². The summed E-state index contributed by atoms with van der Waals surface area (Å²) in [6, 6.07) is 1.58. The van der Waals surface area contributed by atoms with E-state index in [1.807, 2.05) is 13.8 Å². The maximum atomic E-state index is 11.8. The summed E-state index contributed by atoms with van der Waals surface area (Å²) < 4.78 is 11.0. The second kappa shape index (κ2) is 4.79. The molecule has 0 amide bonds. The van der Waals surface area contributed by atoms with Crippen molar-refractivity contribution in [2.24, 2.45) is 0 Å². The molecule has 0 bridgehead atoms. The lowest BCUT2D eigenvalue weighted by Gasteiger charge is -2.31. The zero-order valence-corrected chi connectivity index (χ0v) is 10.1. The molecule has 1 fully saturated rings. The van der Waals surface area contributed by atoms with Gasteiger partial charge in [0.2, 0.25) is 0 Å². The average Bonchev–Trinajstić information content (AvgIpc) is 2.63. The van der Waals surface area contributed by atoms with Gasteiger partial charge in [0.1, 0.15) is 11.8 Å². The fourth-order valence-corrected chi connectivity index (χ4v) is 2.18. The largest absolute Gasteiger partial charge is 0.458 e. The van der Waals surface area contributed by atoms with E-state index in [0.29, 0.717) is 11.4 Å². The Kier molecular flexibility index (Phi) is 3.38. The highest BCUT2D eigenvalue weighted by Gasteiger charge is 2.27. The summed E-state index contributed by atoms with van der Waals surface area (Å²) in [4.78, 5) is 14.6. The van der Waals surface area contributed by atoms with Crippen molar-refractivity contribution in [2.75, 3.05) is 5.73 Å². The summed E-state index contributed by atoms with van der Waals surface area (Å²) in [5.41, 5.74) is 6.47. The molecule has 2 rings (SSSR count). The van der Waals surface area contributed by atoms with Gasteiger partial charge in [-0.15, -0.1) is 0 Å². The monoisotopic (exact) mass is 238 g/mol. The van der Waals surface area contributed by atoms with Gasteiger partial charge in [-0.3, -0.25) is 0 Å². The number of esters is 1. The number of nitrogens with two attached hydrogens (primary N) is 1. The van der Waals surface area contributed by atoms with Crippen LogP contribution in [0, 0.1) is 0 Å². The van der Waals surface area contributed by atoms with Crippen molar-refractivity contribution in [1.29, 1.82) is 0 Å². The topological polar surface area (TPSA) is 77.3 Å². The molecule has 0 spiro atoms. The van der Waals surface area contributed by atoms with E-state index in [0.717, 1.165) is 12.8 Å². The second-order valence-electron chi connectivity index (χ2n) is 4.60. The van der Waals surface area contributed by atoms with Crippen LogP contribution in [-0.4, -0.2) is 29.3 Å². The molecule has 0 aliphatic carbocycles. The number of nitrogens with one attached hydrogen (secondary N) is 1. The highest BCUT2D eigenvalue weighted by atomic mass is 16.6. The minimum atomic E-state index is -0.354. The maximum Gasteiger partial charge on any atom is 0.355 e.